The average molecular weight is 397 g/mol. The summed E-state index contributed by atoms with van der Waals surface area (Å²) < 4.78 is 10.8. The average Bonchev–Trinajstić information content (AvgIpc) is 3.31. The molecular formula is C23H32N4O2. The van der Waals surface area contributed by atoms with Crippen LogP contribution in [-0.2, 0) is 6.54 Å². The van der Waals surface area contributed by atoms with Gasteiger partial charge in [0.1, 0.15) is 11.5 Å². The molecule has 156 valence electrons. The van der Waals surface area contributed by atoms with Crippen LogP contribution in [0.4, 0.5) is 0 Å². The highest BCUT2D eigenvalue weighted by Gasteiger charge is 2.23. The Balaban J connectivity index is 1.62. The summed E-state index contributed by atoms with van der Waals surface area (Å²) in [5, 5.41) is 6.90. The lowest BCUT2D eigenvalue weighted by Crippen LogP contribution is -2.42. The van der Waals surface area contributed by atoms with Crippen LogP contribution in [0.15, 0.2) is 53.5 Å². The molecule has 1 fully saturated rings. The molecule has 1 atom stereocenters. The third-order valence-corrected chi connectivity index (χ3v) is 5.39. The number of nitrogens with zero attached hydrogens (tertiary/aromatic N) is 2. The van der Waals surface area contributed by atoms with Crippen LogP contribution in [0.2, 0.25) is 0 Å². The van der Waals surface area contributed by atoms with Crippen LogP contribution in [0.1, 0.15) is 30.0 Å². The van der Waals surface area contributed by atoms with Gasteiger partial charge in [-0.25, -0.2) is 0 Å². The monoisotopic (exact) mass is 396 g/mol. The minimum Gasteiger partial charge on any atom is -0.497 e. The molecule has 0 radical (unpaired) electrons. The van der Waals surface area contributed by atoms with Gasteiger partial charge in [0.05, 0.1) is 20.3 Å². The Labute approximate surface area is 173 Å². The van der Waals surface area contributed by atoms with Crippen LogP contribution in [-0.4, -0.2) is 51.8 Å². The summed E-state index contributed by atoms with van der Waals surface area (Å²) in [4.78, 5) is 6.95. The molecule has 1 aliphatic heterocycles. The second-order valence-electron chi connectivity index (χ2n) is 7.15. The van der Waals surface area contributed by atoms with Gasteiger partial charge in [0.2, 0.25) is 0 Å². The quantitative estimate of drug-likeness (QED) is 0.530. The zero-order valence-corrected chi connectivity index (χ0v) is 17.6. The summed E-state index contributed by atoms with van der Waals surface area (Å²) in [5.74, 6) is 2.36. The molecule has 2 N–H and O–H groups in total. The van der Waals surface area contributed by atoms with Crippen molar-refractivity contribution >= 4 is 5.96 Å². The lowest BCUT2D eigenvalue weighted by atomic mass is 10.1. The fraction of sp³-hybridized carbons (Fsp3) is 0.435. The molecule has 2 aromatic rings. The van der Waals surface area contributed by atoms with Crippen molar-refractivity contribution in [3.8, 4) is 11.5 Å². The van der Waals surface area contributed by atoms with Crippen LogP contribution < -0.4 is 20.1 Å². The molecule has 29 heavy (non-hydrogen) atoms. The Kier molecular flexibility index (Phi) is 7.76. The molecule has 1 saturated heterocycles. The highest BCUT2D eigenvalue weighted by molar-refractivity contribution is 5.79. The van der Waals surface area contributed by atoms with Crippen molar-refractivity contribution in [2.24, 2.45) is 4.99 Å². The Hall–Kier alpha value is -2.73. The van der Waals surface area contributed by atoms with Crippen LogP contribution in [0.5, 0.6) is 11.5 Å². The minimum absolute atomic E-state index is 0.341. The molecule has 0 amide bonds. The molecule has 0 saturated carbocycles. The molecular weight excluding hydrogens is 364 g/mol. The van der Waals surface area contributed by atoms with Gasteiger partial charge in [-0.05, 0) is 43.6 Å². The van der Waals surface area contributed by atoms with E-state index in [0.29, 0.717) is 12.6 Å². The van der Waals surface area contributed by atoms with E-state index in [1.165, 1.54) is 18.4 Å². The second kappa shape index (κ2) is 10.7. The lowest BCUT2D eigenvalue weighted by molar-refractivity contribution is 0.245. The Morgan fingerprint density at radius 2 is 1.79 bits per heavy atom. The van der Waals surface area contributed by atoms with Gasteiger partial charge in [-0.15, -0.1) is 0 Å². The maximum atomic E-state index is 5.49. The third-order valence-electron chi connectivity index (χ3n) is 5.39. The molecule has 6 heteroatoms. The first-order valence-corrected chi connectivity index (χ1v) is 10.2. The van der Waals surface area contributed by atoms with E-state index in [0.717, 1.165) is 42.7 Å². The number of benzene rings is 2. The van der Waals surface area contributed by atoms with E-state index in [9.17, 15) is 0 Å². The van der Waals surface area contributed by atoms with E-state index < -0.39 is 0 Å². The van der Waals surface area contributed by atoms with E-state index in [4.69, 9.17) is 9.47 Å². The largest absolute Gasteiger partial charge is 0.497 e. The van der Waals surface area contributed by atoms with Gasteiger partial charge in [0.25, 0.3) is 0 Å². The molecule has 0 spiro atoms. The first-order chi connectivity index (χ1) is 14.2. The van der Waals surface area contributed by atoms with Gasteiger partial charge in [-0.2, -0.15) is 0 Å². The molecule has 1 aliphatic rings. The summed E-state index contributed by atoms with van der Waals surface area (Å²) in [6, 6.07) is 16.9. The normalized spacial score (nSPS) is 15.8. The summed E-state index contributed by atoms with van der Waals surface area (Å²) in [7, 11) is 5.13. The Morgan fingerprint density at radius 3 is 2.45 bits per heavy atom. The number of hydrogen-bond acceptors (Lipinski definition) is 4. The number of ether oxygens (including phenoxy) is 2. The molecule has 1 unspecified atom stereocenters. The number of hydrogen-bond donors (Lipinski definition) is 2. The third kappa shape index (κ3) is 5.64. The zero-order chi connectivity index (χ0) is 20.5. The van der Waals surface area contributed by atoms with Gasteiger partial charge in [0.15, 0.2) is 5.96 Å². The molecule has 0 aromatic heterocycles. The van der Waals surface area contributed by atoms with Crippen LogP contribution in [0.25, 0.3) is 0 Å². The zero-order valence-electron chi connectivity index (χ0n) is 17.6. The fourth-order valence-electron chi connectivity index (χ4n) is 3.78. The number of methoxy groups -OCH3 is 2. The van der Waals surface area contributed by atoms with Crippen molar-refractivity contribution in [3.63, 3.8) is 0 Å². The first-order valence-electron chi connectivity index (χ1n) is 10.2. The minimum atomic E-state index is 0.341. The van der Waals surface area contributed by atoms with Gasteiger partial charge in [-0.1, -0.05) is 30.3 Å². The smallest absolute Gasteiger partial charge is 0.191 e. The molecule has 0 bridgehead atoms. The fourth-order valence-corrected chi connectivity index (χ4v) is 3.78. The number of rotatable bonds is 8. The SMILES string of the molecule is CN=C(NCc1ccc(OC)cc1OC)NCC(c1ccccc1)N1CCCC1. The van der Waals surface area contributed by atoms with Crippen LogP contribution in [0.3, 0.4) is 0 Å². The molecule has 6 nitrogen and oxygen atoms in total. The maximum Gasteiger partial charge on any atom is 0.191 e. The van der Waals surface area contributed by atoms with Crippen molar-refractivity contribution in [1.29, 1.82) is 0 Å². The highest BCUT2D eigenvalue weighted by atomic mass is 16.5. The molecule has 0 aliphatic carbocycles. The first kappa shape index (κ1) is 21.0. The number of nitrogens with one attached hydrogen (secondary N) is 2. The van der Waals surface area contributed by atoms with E-state index in [2.05, 4.69) is 50.9 Å². The summed E-state index contributed by atoms with van der Waals surface area (Å²) >= 11 is 0. The number of likely N-dealkylation sites (tertiary alicyclic amines) is 1. The van der Waals surface area contributed by atoms with E-state index >= 15 is 0 Å². The van der Waals surface area contributed by atoms with Gasteiger partial charge in [0, 0.05) is 31.8 Å². The van der Waals surface area contributed by atoms with Crippen molar-refractivity contribution < 1.29 is 9.47 Å². The molecule has 3 rings (SSSR count). The van der Waals surface area contributed by atoms with Crippen LogP contribution >= 0.6 is 0 Å². The van der Waals surface area contributed by atoms with Crippen LogP contribution in [0, 0.1) is 0 Å². The van der Waals surface area contributed by atoms with Gasteiger partial charge in [-0.3, -0.25) is 9.89 Å². The lowest BCUT2D eigenvalue weighted by Gasteiger charge is -2.29. The Bertz CT molecular complexity index is 789. The van der Waals surface area contributed by atoms with Crippen molar-refractivity contribution in [1.82, 2.24) is 15.5 Å². The predicted molar refractivity (Wildman–Crippen MR) is 118 cm³/mol. The summed E-state index contributed by atoms with van der Waals surface area (Å²) in [6.07, 6.45) is 2.54. The van der Waals surface area contributed by atoms with Gasteiger partial charge >= 0.3 is 0 Å². The predicted octanol–water partition coefficient (Wildman–Crippen LogP) is 3.21. The highest BCUT2D eigenvalue weighted by Crippen LogP contribution is 2.25. The number of aliphatic imine (C=N–C) groups is 1. The number of guanidine groups is 1. The van der Waals surface area contributed by atoms with Crippen molar-refractivity contribution in [3.05, 3.63) is 59.7 Å². The molecule has 2 aromatic carbocycles. The maximum absolute atomic E-state index is 5.49. The standard InChI is InChI=1S/C23H32N4O2/c1-24-23(25-16-19-11-12-20(28-2)15-22(19)29-3)26-17-21(27-13-7-8-14-27)18-9-5-4-6-10-18/h4-6,9-12,15,21H,7-8,13-14,16-17H2,1-3H3,(H2,24,25,26). The van der Waals surface area contributed by atoms with E-state index in [1.54, 1.807) is 21.3 Å². The summed E-state index contributed by atoms with van der Waals surface area (Å²) in [6.45, 7) is 3.72. The second-order valence-corrected chi connectivity index (χ2v) is 7.15. The topological polar surface area (TPSA) is 58.1 Å². The summed E-state index contributed by atoms with van der Waals surface area (Å²) in [5.41, 5.74) is 2.39. The van der Waals surface area contributed by atoms with E-state index in [1.807, 2.05) is 18.2 Å². The molecule has 1 heterocycles. The van der Waals surface area contributed by atoms with E-state index in [-0.39, 0.29) is 0 Å². The van der Waals surface area contributed by atoms with Crippen molar-refractivity contribution in [2.75, 3.05) is 40.9 Å². The Morgan fingerprint density at radius 1 is 1.03 bits per heavy atom. The van der Waals surface area contributed by atoms with Crippen molar-refractivity contribution in [2.45, 2.75) is 25.4 Å². The van der Waals surface area contributed by atoms with Gasteiger partial charge < -0.3 is 20.1 Å².